The van der Waals surface area contributed by atoms with Gasteiger partial charge in [0.1, 0.15) is 0 Å². The number of aliphatic carboxylic acids is 2. The fraction of sp³-hybridized carbons (Fsp3) is 0.714. The molecule has 0 aromatic carbocycles. The largest absolute Gasteiger partial charge is 0.481 e. The summed E-state index contributed by atoms with van der Waals surface area (Å²) in [5.74, 6) is -8.62. The summed E-state index contributed by atoms with van der Waals surface area (Å²) in [6, 6.07) is 0. The van der Waals surface area contributed by atoms with Gasteiger partial charge in [0.2, 0.25) is 0 Å². The number of carbonyl (C=O) groups is 4. The van der Waals surface area contributed by atoms with E-state index in [4.69, 9.17) is 0 Å². The number of carbonyl (C=O) groups excluding carboxylic acids is 2. The first kappa shape index (κ1) is 19.9. The van der Waals surface area contributed by atoms with Gasteiger partial charge in [-0.3, -0.25) is 19.2 Å². The van der Waals surface area contributed by atoms with Crippen molar-refractivity contribution in [3.05, 3.63) is 0 Å². The van der Waals surface area contributed by atoms with Crippen molar-refractivity contribution in [3.8, 4) is 0 Å². The minimum Gasteiger partial charge on any atom is -0.481 e. The third-order valence-corrected chi connectivity index (χ3v) is 3.75. The van der Waals surface area contributed by atoms with E-state index < -0.39 is 47.5 Å². The molecule has 0 radical (unpaired) electrons. The Kier molecular flexibility index (Phi) is 8.14. The lowest BCUT2D eigenvalue weighted by Crippen LogP contribution is -2.37. The zero-order valence-electron chi connectivity index (χ0n) is 13.1. The average Bonchev–Trinajstić information content (AvgIpc) is 2.48. The second-order valence-electron chi connectivity index (χ2n) is 4.97. The smallest absolute Gasteiger partial charge is 0.309 e. The van der Waals surface area contributed by atoms with Gasteiger partial charge in [-0.05, 0) is 12.8 Å². The highest BCUT2D eigenvalue weighted by Gasteiger charge is 2.40. The quantitative estimate of drug-likeness (QED) is 0.597. The van der Waals surface area contributed by atoms with E-state index in [2.05, 4.69) is 9.47 Å². The Balaban J connectivity index is 5.41. The summed E-state index contributed by atoms with van der Waals surface area (Å²) in [6.07, 6.45) is -0.183. The van der Waals surface area contributed by atoms with Crippen molar-refractivity contribution >= 4 is 23.9 Å². The topological polar surface area (TPSA) is 127 Å². The zero-order chi connectivity index (χ0) is 17.4. The van der Waals surface area contributed by atoms with E-state index >= 15 is 0 Å². The van der Waals surface area contributed by atoms with Crippen LogP contribution in [0.25, 0.3) is 0 Å². The number of methoxy groups -OCH3 is 2. The van der Waals surface area contributed by atoms with Crippen molar-refractivity contribution in [2.75, 3.05) is 14.2 Å². The van der Waals surface area contributed by atoms with E-state index in [1.54, 1.807) is 6.92 Å². The number of hydrogen-bond donors (Lipinski definition) is 2. The predicted octanol–water partition coefficient (Wildman–Crippen LogP) is 0.786. The van der Waals surface area contributed by atoms with E-state index in [1.165, 1.54) is 6.92 Å². The number of carboxylic acids is 2. The summed E-state index contributed by atoms with van der Waals surface area (Å²) in [5, 5.41) is 18.6. The molecular formula is C14H22O8. The molecule has 8 nitrogen and oxygen atoms in total. The zero-order valence-corrected chi connectivity index (χ0v) is 13.1. The fourth-order valence-electron chi connectivity index (χ4n) is 2.35. The van der Waals surface area contributed by atoms with Crippen LogP contribution < -0.4 is 0 Å². The highest BCUT2D eigenvalue weighted by atomic mass is 16.5. The molecule has 4 unspecified atom stereocenters. The van der Waals surface area contributed by atoms with Crippen molar-refractivity contribution in [2.24, 2.45) is 23.7 Å². The van der Waals surface area contributed by atoms with E-state index in [0.717, 1.165) is 14.2 Å². The predicted molar refractivity (Wildman–Crippen MR) is 73.8 cm³/mol. The molecule has 2 N–H and O–H groups in total. The third-order valence-electron chi connectivity index (χ3n) is 3.75. The Morgan fingerprint density at radius 3 is 1.64 bits per heavy atom. The Morgan fingerprint density at radius 2 is 1.32 bits per heavy atom. The molecule has 0 aliphatic rings. The molecule has 0 saturated heterocycles. The molecule has 0 fully saturated rings. The van der Waals surface area contributed by atoms with Crippen molar-refractivity contribution in [1.29, 1.82) is 0 Å². The first-order valence-corrected chi connectivity index (χ1v) is 6.82. The van der Waals surface area contributed by atoms with Crippen molar-refractivity contribution in [2.45, 2.75) is 26.7 Å². The number of rotatable bonds is 9. The minimum atomic E-state index is -1.32. The van der Waals surface area contributed by atoms with Crippen LogP contribution in [0.15, 0.2) is 0 Å². The number of esters is 2. The van der Waals surface area contributed by atoms with Crippen LogP contribution in [0, 0.1) is 23.7 Å². The second-order valence-corrected chi connectivity index (χ2v) is 4.97. The van der Waals surface area contributed by atoms with Gasteiger partial charge in [0.25, 0.3) is 0 Å². The van der Waals surface area contributed by atoms with Crippen LogP contribution in [-0.4, -0.2) is 48.3 Å². The first-order valence-electron chi connectivity index (χ1n) is 6.82. The van der Waals surface area contributed by atoms with Gasteiger partial charge in [-0.15, -0.1) is 0 Å². The molecule has 0 aliphatic heterocycles. The number of hydrogen-bond acceptors (Lipinski definition) is 6. The summed E-state index contributed by atoms with van der Waals surface area (Å²) in [5.41, 5.74) is 0. The molecule has 0 saturated carbocycles. The van der Waals surface area contributed by atoms with Crippen LogP contribution in [-0.2, 0) is 28.7 Å². The molecule has 4 atom stereocenters. The Bertz CT molecular complexity index is 431. The van der Waals surface area contributed by atoms with Crippen LogP contribution in [0.5, 0.6) is 0 Å². The number of ether oxygens (including phenoxy) is 2. The SMILES string of the molecule is CCC(C(=O)OC)C(CC(C(=O)O)C(C)C(=O)OC)C(=O)O. The van der Waals surface area contributed by atoms with Gasteiger partial charge in [-0.1, -0.05) is 13.8 Å². The molecule has 22 heavy (non-hydrogen) atoms. The van der Waals surface area contributed by atoms with Crippen LogP contribution in [0.1, 0.15) is 26.7 Å². The van der Waals surface area contributed by atoms with Crippen LogP contribution in [0.2, 0.25) is 0 Å². The molecule has 0 rings (SSSR count). The summed E-state index contributed by atoms with van der Waals surface area (Å²) in [4.78, 5) is 46.0. The maximum Gasteiger partial charge on any atom is 0.309 e. The monoisotopic (exact) mass is 318 g/mol. The van der Waals surface area contributed by atoms with E-state index in [-0.39, 0.29) is 12.8 Å². The normalized spacial score (nSPS) is 16.0. The van der Waals surface area contributed by atoms with Gasteiger partial charge < -0.3 is 19.7 Å². The Labute approximate surface area is 128 Å². The maximum absolute atomic E-state index is 11.7. The number of carboxylic acid groups (broad SMARTS) is 2. The average molecular weight is 318 g/mol. The Hall–Kier alpha value is -2.12. The Morgan fingerprint density at radius 1 is 0.864 bits per heavy atom. The highest BCUT2D eigenvalue weighted by Crippen LogP contribution is 2.29. The lowest BCUT2D eigenvalue weighted by Gasteiger charge is -2.25. The molecule has 0 aromatic rings. The summed E-state index contributed by atoms with van der Waals surface area (Å²) in [6.45, 7) is 2.96. The molecule has 0 aliphatic carbocycles. The second kappa shape index (κ2) is 9.01. The van der Waals surface area contributed by atoms with E-state index in [1.807, 2.05) is 0 Å². The van der Waals surface area contributed by atoms with Gasteiger partial charge in [0.15, 0.2) is 0 Å². The molecule has 0 aromatic heterocycles. The molecular weight excluding hydrogens is 296 g/mol. The highest BCUT2D eigenvalue weighted by molar-refractivity contribution is 5.83. The van der Waals surface area contributed by atoms with Gasteiger partial charge in [-0.2, -0.15) is 0 Å². The standard InChI is InChI=1S/C14H22O8/c1-5-8(14(20)22-4)10(12(17)18)6-9(11(15)16)7(2)13(19)21-3/h7-10H,5-6H2,1-4H3,(H,15,16)(H,17,18). The molecule has 0 spiro atoms. The molecule has 0 bridgehead atoms. The summed E-state index contributed by atoms with van der Waals surface area (Å²) >= 11 is 0. The molecule has 0 heterocycles. The third kappa shape index (κ3) is 5.01. The van der Waals surface area contributed by atoms with Crippen LogP contribution in [0.4, 0.5) is 0 Å². The molecule has 0 amide bonds. The first-order chi connectivity index (χ1) is 10.2. The van der Waals surface area contributed by atoms with Gasteiger partial charge in [0.05, 0.1) is 37.9 Å². The lowest BCUT2D eigenvalue weighted by atomic mass is 9.78. The lowest BCUT2D eigenvalue weighted by molar-refractivity contribution is -0.161. The summed E-state index contributed by atoms with van der Waals surface area (Å²) in [7, 11) is 2.26. The fourth-order valence-corrected chi connectivity index (χ4v) is 2.35. The van der Waals surface area contributed by atoms with Crippen LogP contribution in [0.3, 0.4) is 0 Å². The van der Waals surface area contributed by atoms with Gasteiger partial charge in [0, 0.05) is 0 Å². The summed E-state index contributed by atoms with van der Waals surface area (Å²) < 4.78 is 9.06. The van der Waals surface area contributed by atoms with Gasteiger partial charge >= 0.3 is 23.9 Å². The van der Waals surface area contributed by atoms with Gasteiger partial charge in [-0.25, -0.2) is 0 Å². The van der Waals surface area contributed by atoms with Crippen LogP contribution >= 0.6 is 0 Å². The van der Waals surface area contributed by atoms with E-state index in [0.29, 0.717) is 0 Å². The molecule has 126 valence electrons. The minimum absolute atomic E-state index is 0.183. The van der Waals surface area contributed by atoms with E-state index in [9.17, 15) is 29.4 Å². The molecule has 8 heteroatoms. The maximum atomic E-state index is 11.7. The van der Waals surface area contributed by atoms with Crippen molar-refractivity contribution in [1.82, 2.24) is 0 Å². The van der Waals surface area contributed by atoms with Crippen molar-refractivity contribution in [3.63, 3.8) is 0 Å². The van der Waals surface area contributed by atoms with Crippen molar-refractivity contribution < 1.29 is 38.9 Å².